The number of rotatable bonds is 8. The lowest BCUT2D eigenvalue weighted by Crippen LogP contribution is -2.27. The first-order chi connectivity index (χ1) is 14.7. The Balaban J connectivity index is 1.77. The summed E-state index contributed by atoms with van der Waals surface area (Å²) >= 11 is 0.763. The number of methoxy groups -OCH3 is 2. The number of nitrogens with one attached hydrogen (secondary N) is 2. The van der Waals surface area contributed by atoms with Gasteiger partial charge in [0.2, 0.25) is 9.47 Å². The van der Waals surface area contributed by atoms with Gasteiger partial charge in [-0.1, -0.05) is 29.5 Å². The van der Waals surface area contributed by atoms with E-state index < -0.39 is 16.1 Å². The Kier molecular flexibility index (Phi) is 6.88. The van der Waals surface area contributed by atoms with Crippen LogP contribution in [0.2, 0.25) is 0 Å². The van der Waals surface area contributed by atoms with Gasteiger partial charge in [0, 0.05) is 17.2 Å². The van der Waals surface area contributed by atoms with E-state index in [9.17, 15) is 13.2 Å². The van der Waals surface area contributed by atoms with Crippen LogP contribution < -0.4 is 19.5 Å². The van der Waals surface area contributed by atoms with E-state index in [0.717, 1.165) is 16.9 Å². The number of ether oxygens (including phenoxy) is 2. The second-order valence-corrected chi connectivity index (χ2v) is 9.46. The number of sulfonamides is 1. The van der Waals surface area contributed by atoms with Crippen molar-refractivity contribution in [3.05, 3.63) is 59.2 Å². The predicted molar refractivity (Wildman–Crippen MR) is 117 cm³/mol. The van der Waals surface area contributed by atoms with E-state index in [2.05, 4.69) is 20.2 Å². The number of nitrogens with zero attached hydrogens (tertiary/aromatic N) is 2. The lowest BCUT2D eigenvalue weighted by atomic mass is 10.1. The summed E-state index contributed by atoms with van der Waals surface area (Å²) in [4.78, 5) is 12.4. The Labute approximate surface area is 184 Å². The van der Waals surface area contributed by atoms with Crippen molar-refractivity contribution in [3.8, 4) is 11.5 Å². The maximum atomic E-state index is 12.8. The van der Waals surface area contributed by atoms with Gasteiger partial charge < -0.3 is 9.47 Å². The molecule has 0 aliphatic carbocycles. The monoisotopic (exact) mass is 462 g/mol. The molecule has 31 heavy (non-hydrogen) atoms. The molecule has 3 aromatic rings. The zero-order chi connectivity index (χ0) is 22.6. The molecule has 1 atom stereocenters. The van der Waals surface area contributed by atoms with E-state index in [1.165, 1.54) is 14.2 Å². The van der Waals surface area contributed by atoms with Gasteiger partial charge in [0.25, 0.3) is 15.9 Å². The SMILES string of the molecule is COc1ccc(OC)c([C@@H](C)NS(=O)(=O)c2nnc(NC(=O)c3ccccc3C)s2)c1. The minimum absolute atomic E-state index is 0.0836. The number of carbonyl (C=O) groups is 1. The first kappa shape index (κ1) is 22.7. The fourth-order valence-corrected chi connectivity index (χ4v) is 5.02. The molecule has 164 valence electrons. The number of hydrogen-bond acceptors (Lipinski definition) is 8. The smallest absolute Gasteiger partial charge is 0.270 e. The number of carbonyl (C=O) groups excluding carboxylic acids is 1. The molecule has 2 aromatic carbocycles. The Hall–Kier alpha value is -3.02. The Morgan fingerprint density at radius 3 is 2.52 bits per heavy atom. The van der Waals surface area contributed by atoms with Crippen LogP contribution in [-0.4, -0.2) is 38.7 Å². The molecule has 11 heteroatoms. The van der Waals surface area contributed by atoms with Crippen molar-refractivity contribution in [2.45, 2.75) is 24.2 Å². The maximum absolute atomic E-state index is 12.8. The third-order valence-electron chi connectivity index (χ3n) is 4.48. The van der Waals surface area contributed by atoms with Crippen molar-refractivity contribution in [1.29, 1.82) is 0 Å². The molecule has 0 saturated heterocycles. The molecule has 0 unspecified atom stereocenters. The van der Waals surface area contributed by atoms with Crippen LogP contribution in [-0.2, 0) is 10.0 Å². The normalized spacial score (nSPS) is 12.3. The number of benzene rings is 2. The molecule has 0 bridgehead atoms. The molecule has 9 nitrogen and oxygen atoms in total. The first-order valence-corrected chi connectivity index (χ1v) is 11.5. The molecule has 0 radical (unpaired) electrons. The lowest BCUT2D eigenvalue weighted by Gasteiger charge is -2.17. The second-order valence-electron chi connectivity index (χ2n) is 6.59. The van der Waals surface area contributed by atoms with E-state index >= 15 is 0 Å². The number of amides is 1. The summed E-state index contributed by atoms with van der Waals surface area (Å²) in [6.45, 7) is 3.49. The van der Waals surface area contributed by atoms with Crippen molar-refractivity contribution in [2.75, 3.05) is 19.5 Å². The predicted octanol–water partition coefficient (Wildman–Crippen LogP) is 3.16. The molecule has 0 fully saturated rings. The highest BCUT2D eigenvalue weighted by Crippen LogP contribution is 2.31. The topological polar surface area (TPSA) is 120 Å². The van der Waals surface area contributed by atoms with Gasteiger partial charge in [-0.05, 0) is 43.7 Å². The van der Waals surface area contributed by atoms with E-state index in [1.807, 2.05) is 19.1 Å². The fraction of sp³-hybridized carbons (Fsp3) is 0.250. The van der Waals surface area contributed by atoms with Crippen LogP contribution in [0.5, 0.6) is 11.5 Å². The summed E-state index contributed by atoms with van der Waals surface area (Å²) in [6.07, 6.45) is 0. The Bertz CT molecular complexity index is 1190. The minimum Gasteiger partial charge on any atom is -0.497 e. The maximum Gasteiger partial charge on any atom is 0.270 e. The lowest BCUT2D eigenvalue weighted by molar-refractivity contribution is 0.102. The van der Waals surface area contributed by atoms with Gasteiger partial charge in [-0.25, -0.2) is 13.1 Å². The third kappa shape index (κ3) is 5.19. The van der Waals surface area contributed by atoms with Crippen LogP contribution in [0.3, 0.4) is 0 Å². The van der Waals surface area contributed by atoms with Gasteiger partial charge in [0.05, 0.1) is 14.2 Å². The molecular formula is C20H22N4O5S2. The Morgan fingerprint density at radius 2 is 1.84 bits per heavy atom. The van der Waals surface area contributed by atoms with Gasteiger partial charge in [-0.15, -0.1) is 10.2 Å². The van der Waals surface area contributed by atoms with Crippen LogP contribution in [0, 0.1) is 6.92 Å². The highest BCUT2D eigenvalue weighted by atomic mass is 32.2. The molecule has 1 heterocycles. The molecule has 2 N–H and O–H groups in total. The highest BCUT2D eigenvalue weighted by Gasteiger charge is 2.25. The summed E-state index contributed by atoms with van der Waals surface area (Å²) in [5.74, 6) is 0.694. The average Bonchev–Trinajstić information content (AvgIpc) is 3.22. The number of hydrogen-bond donors (Lipinski definition) is 2. The van der Waals surface area contributed by atoms with E-state index in [0.29, 0.717) is 22.6 Å². The van der Waals surface area contributed by atoms with Crippen molar-refractivity contribution in [2.24, 2.45) is 0 Å². The van der Waals surface area contributed by atoms with Gasteiger partial charge in [0.15, 0.2) is 0 Å². The quantitative estimate of drug-likeness (QED) is 0.494. The van der Waals surface area contributed by atoms with Crippen LogP contribution in [0.4, 0.5) is 5.13 Å². The molecule has 0 aliphatic rings. The molecule has 0 aliphatic heterocycles. The first-order valence-electron chi connectivity index (χ1n) is 9.20. The molecule has 0 saturated carbocycles. The third-order valence-corrected chi connectivity index (χ3v) is 7.23. The zero-order valence-electron chi connectivity index (χ0n) is 17.4. The summed E-state index contributed by atoms with van der Waals surface area (Å²) in [7, 11) is -0.970. The van der Waals surface area contributed by atoms with Gasteiger partial charge in [0.1, 0.15) is 11.5 Å². The van der Waals surface area contributed by atoms with Crippen LogP contribution >= 0.6 is 11.3 Å². The molecule has 1 aromatic heterocycles. The largest absolute Gasteiger partial charge is 0.497 e. The summed E-state index contributed by atoms with van der Waals surface area (Å²) < 4.78 is 38.4. The Morgan fingerprint density at radius 1 is 1.10 bits per heavy atom. The van der Waals surface area contributed by atoms with Crippen LogP contribution in [0.15, 0.2) is 46.8 Å². The standard InChI is InChI=1S/C20H22N4O5S2/c1-12-7-5-6-8-15(12)18(25)21-19-22-23-20(30-19)31(26,27)24-13(2)16-11-14(28-3)9-10-17(16)29-4/h5-11,13,24H,1-4H3,(H,21,22,25)/t13-/m1/s1. The van der Waals surface area contributed by atoms with Crippen molar-refractivity contribution < 1.29 is 22.7 Å². The van der Waals surface area contributed by atoms with Gasteiger partial charge in [-0.3, -0.25) is 10.1 Å². The number of aryl methyl sites for hydroxylation is 1. The highest BCUT2D eigenvalue weighted by molar-refractivity contribution is 7.91. The summed E-state index contributed by atoms with van der Waals surface area (Å²) in [5, 5.41) is 10.2. The summed E-state index contributed by atoms with van der Waals surface area (Å²) in [5.41, 5.74) is 1.86. The van der Waals surface area contributed by atoms with Crippen molar-refractivity contribution in [3.63, 3.8) is 0 Å². The van der Waals surface area contributed by atoms with E-state index in [4.69, 9.17) is 9.47 Å². The molecule has 1 amide bonds. The van der Waals surface area contributed by atoms with Crippen LogP contribution in [0.25, 0.3) is 0 Å². The fourth-order valence-electron chi connectivity index (χ4n) is 2.89. The van der Waals surface area contributed by atoms with Crippen LogP contribution in [0.1, 0.15) is 34.5 Å². The van der Waals surface area contributed by atoms with Gasteiger partial charge >= 0.3 is 0 Å². The van der Waals surface area contributed by atoms with Crippen molar-refractivity contribution in [1.82, 2.24) is 14.9 Å². The average molecular weight is 463 g/mol. The van der Waals surface area contributed by atoms with E-state index in [-0.39, 0.29) is 15.4 Å². The van der Waals surface area contributed by atoms with Crippen molar-refractivity contribution >= 4 is 32.4 Å². The number of anilines is 1. The molecular weight excluding hydrogens is 440 g/mol. The minimum atomic E-state index is -3.99. The number of aromatic nitrogens is 2. The second kappa shape index (κ2) is 9.41. The molecule has 3 rings (SSSR count). The van der Waals surface area contributed by atoms with Gasteiger partial charge in [-0.2, -0.15) is 0 Å². The van der Waals surface area contributed by atoms with E-state index in [1.54, 1.807) is 37.3 Å². The zero-order valence-corrected chi connectivity index (χ0v) is 19.0. The summed E-state index contributed by atoms with van der Waals surface area (Å²) in [6, 6.07) is 11.5. The molecule has 0 spiro atoms.